The van der Waals surface area contributed by atoms with Crippen LogP contribution in [0.5, 0.6) is 5.75 Å². The molecular formula is C9H13NO2. The summed E-state index contributed by atoms with van der Waals surface area (Å²) in [6, 6.07) is 7.65. The summed E-state index contributed by atoms with van der Waals surface area (Å²) in [7, 11) is 1.59. The van der Waals surface area contributed by atoms with Crippen LogP contribution in [0.2, 0.25) is 0 Å². The van der Waals surface area contributed by atoms with Crippen LogP contribution in [0.4, 0.5) is 0 Å². The summed E-state index contributed by atoms with van der Waals surface area (Å²) in [6.07, 6.45) is 0. The molecule has 0 saturated carbocycles. The van der Waals surface area contributed by atoms with Crippen LogP contribution >= 0.6 is 0 Å². The van der Waals surface area contributed by atoms with Crippen molar-refractivity contribution in [3.8, 4) is 5.75 Å². The van der Waals surface area contributed by atoms with Crippen LogP contribution in [-0.4, -0.2) is 13.9 Å². The highest BCUT2D eigenvalue weighted by molar-refractivity contribution is 5.32. The fraction of sp³-hybridized carbons (Fsp3) is 0.333. The van der Waals surface area contributed by atoms with Crippen molar-refractivity contribution in [3.63, 3.8) is 0 Å². The molecule has 0 spiro atoms. The first-order valence-corrected chi connectivity index (χ1v) is 3.78. The van der Waals surface area contributed by atoms with Crippen molar-refractivity contribution in [3.05, 3.63) is 29.8 Å². The third-order valence-corrected chi connectivity index (χ3v) is 1.52. The van der Waals surface area contributed by atoms with E-state index in [4.69, 9.17) is 15.2 Å². The molecule has 0 saturated heterocycles. The van der Waals surface area contributed by atoms with Gasteiger partial charge in [0, 0.05) is 19.2 Å². The van der Waals surface area contributed by atoms with Gasteiger partial charge in [0.25, 0.3) is 0 Å². The number of benzene rings is 1. The SMILES string of the molecule is COCOc1ccccc1CN. The van der Waals surface area contributed by atoms with E-state index in [1.807, 2.05) is 24.3 Å². The van der Waals surface area contributed by atoms with Crippen LogP contribution in [-0.2, 0) is 11.3 Å². The molecule has 1 rings (SSSR count). The molecular weight excluding hydrogens is 154 g/mol. The highest BCUT2D eigenvalue weighted by Gasteiger charge is 1.98. The van der Waals surface area contributed by atoms with Crippen LogP contribution in [0.3, 0.4) is 0 Å². The molecule has 3 nitrogen and oxygen atoms in total. The Morgan fingerprint density at radius 1 is 1.33 bits per heavy atom. The zero-order valence-corrected chi connectivity index (χ0v) is 7.12. The van der Waals surface area contributed by atoms with Gasteiger partial charge in [0.05, 0.1) is 0 Å². The highest BCUT2D eigenvalue weighted by atomic mass is 16.7. The Kier molecular flexibility index (Phi) is 3.57. The molecule has 0 bridgehead atoms. The van der Waals surface area contributed by atoms with Gasteiger partial charge in [-0.05, 0) is 6.07 Å². The first kappa shape index (κ1) is 9.03. The topological polar surface area (TPSA) is 44.5 Å². The Labute approximate surface area is 72.1 Å². The molecule has 0 atom stereocenters. The van der Waals surface area contributed by atoms with Crippen molar-refractivity contribution in [2.75, 3.05) is 13.9 Å². The van der Waals surface area contributed by atoms with Gasteiger partial charge in [-0.2, -0.15) is 0 Å². The first-order valence-electron chi connectivity index (χ1n) is 3.78. The molecule has 3 heteroatoms. The lowest BCUT2D eigenvalue weighted by Crippen LogP contribution is -2.04. The molecule has 0 unspecified atom stereocenters. The van der Waals surface area contributed by atoms with Gasteiger partial charge in [-0.25, -0.2) is 0 Å². The van der Waals surface area contributed by atoms with Crippen LogP contribution in [0.1, 0.15) is 5.56 Å². The maximum atomic E-state index is 5.50. The summed E-state index contributed by atoms with van der Waals surface area (Å²) in [5, 5.41) is 0. The predicted octanol–water partition coefficient (Wildman–Crippen LogP) is 1.13. The van der Waals surface area contributed by atoms with Crippen LogP contribution in [0.15, 0.2) is 24.3 Å². The van der Waals surface area contributed by atoms with Gasteiger partial charge in [0.1, 0.15) is 5.75 Å². The van der Waals surface area contributed by atoms with E-state index in [0.717, 1.165) is 11.3 Å². The number of hydrogen-bond acceptors (Lipinski definition) is 3. The van der Waals surface area contributed by atoms with Crippen LogP contribution in [0.25, 0.3) is 0 Å². The van der Waals surface area contributed by atoms with Crippen molar-refractivity contribution < 1.29 is 9.47 Å². The van der Waals surface area contributed by atoms with Gasteiger partial charge in [-0.15, -0.1) is 0 Å². The molecule has 0 aliphatic rings. The van der Waals surface area contributed by atoms with Crippen molar-refractivity contribution in [1.82, 2.24) is 0 Å². The quantitative estimate of drug-likeness (QED) is 0.683. The maximum Gasteiger partial charge on any atom is 0.188 e. The lowest BCUT2D eigenvalue weighted by atomic mass is 10.2. The Balaban J connectivity index is 2.68. The molecule has 66 valence electrons. The Morgan fingerprint density at radius 3 is 2.75 bits per heavy atom. The molecule has 0 fully saturated rings. The number of hydrogen-bond donors (Lipinski definition) is 1. The van der Waals surface area contributed by atoms with Crippen molar-refractivity contribution in [2.45, 2.75) is 6.54 Å². The highest BCUT2D eigenvalue weighted by Crippen LogP contribution is 2.16. The van der Waals surface area contributed by atoms with Crippen molar-refractivity contribution in [1.29, 1.82) is 0 Å². The van der Waals surface area contributed by atoms with E-state index in [2.05, 4.69) is 0 Å². The maximum absolute atomic E-state index is 5.50. The number of ether oxygens (including phenoxy) is 2. The second-order valence-electron chi connectivity index (χ2n) is 2.36. The lowest BCUT2D eigenvalue weighted by Gasteiger charge is -2.08. The summed E-state index contributed by atoms with van der Waals surface area (Å²) >= 11 is 0. The monoisotopic (exact) mass is 167 g/mol. The first-order chi connectivity index (χ1) is 5.88. The van der Waals surface area contributed by atoms with Gasteiger partial charge in [-0.3, -0.25) is 0 Å². The largest absolute Gasteiger partial charge is 0.467 e. The van der Waals surface area contributed by atoms with E-state index < -0.39 is 0 Å². The minimum Gasteiger partial charge on any atom is -0.467 e. The summed E-state index contributed by atoms with van der Waals surface area (Å²) in [5.74, 6) is 0.793. The molecule has 2 N–H and O–H groups in total. The molecule has 1 aromatic rings. The van der Waals surface area contributed by atoms with Crippen molar-refractivity contribution in [2.24, 2.45) is 5.73 Å². The third-order valence-electron chi connectivity index (χ3n) is 1.52. The average molecular weight is 167 g/mol. The second kappa shape index (κ2) is 4.74. The molecule has 0 radical (unpaired) electrons. The molecule has 0 aliphatic carbocycles. The summed E-state index contributed by atoms with van der Waals surface area (Å²) in [6.45, 7) is 0.747. The number of rotatable bonds is 4. The summed E-state index contributed by atoms with van der Waals surface area (Å²) in [5.41, 5.74) is 6.50. The standard InChI is InChI=1S/C9H13NO2/c1-11-7-12-9-5-3-2-4-8(9)6-10/h2-5H,6-7,10H2,1H3. The number of nitrogens with two attached hydrogens (primary N) is 1. The summed E-state index contributed by atoms with van der Waals surface area (Å²) in [4.78, 5) is 0. The van der Waals surface area contributed by atoms with E-state index in [0.29, 0.717) is 6.54 Å². The van der Waals surface area contributed by atoms with Crippen molar-refractivity contribution >= 4 is 0 Å². The lowest BCUT2D eigenvalue weighted by molar-refractivity contribution is 0.0504. The zero-order chi connectivity index (χ0) is 8.81. The second-order valence-corrected chi connectivity index (χ2v) is 2.36. The fourth-order valence-corrected chi connectivity index (χ4v) is 0.936. The number of para-hydroxylation sites is 1. The Bertz CT molecular complexity index is 238. The number of methoxy groups -OCH3 is 1. The average Bonchev–Trinajstić information content (AvgIpc) is 2.15. The van der Waals surface area contributed by atoms with Crippen LogP contribution in [0, 0.1) is 0 Å². The Morgan fingerprint density at radius 2 is 2.08 bits per heavy atom. The molecule has 12 heavy (non-hydrogen) atoms. The van der Waals surface area contributed by atoms with Gasteiger partial charge < -0.3 is 15.2 Å². The Hall–Kier alpha value is -1.06. The smallest absolute Gasteiger partial charge is 0.188 e. The van der Waals surface area contributed by atoms with E-state index >= 15 is 0 Å². The zero-order valence-electron chi connectivity index (χ0n) is 7.12. The van der Waals surface area contributed by atoms with Gasteiger partial charge in [0.15, 0.2) is 6.79 Å². The van der Waals surface area contributed by atoms with E-state index in [9.17, 15) is 0 Å². The third kappa shape index (κ3) is 2.22. The minimum atomic E-state index is 0.261. The molecule has 1 aromatic carbocycles. The van der Waals surface area contributed by atoms with Crippen LogP contribution < -0.4 is 10.5 Å². The predicted molar refractivity (Wildman–Crippen MR) is 46.8 cm³/mol. The molecule has 0 amide bonds. The summed E-state index contributed by atoms with van der Waals surface area (Å²) < 4.78 is 10.1. The minimum absolute atomic E-state index is 0.261. The van der Waals surface area contributed by atoms with E-state index in [-0.39, 0.29) is 6.79 Å². The van der Waals surface area contributed by atoms with E-state index in [1.165, 1.54) is 0 Å². The van der Waals surface area contributed by atoms with Gasteiger partial charge in [0.2, 0.25) is 0 Å². The molecule has 0 aliphatic heterocycles. The van der Waals surface area contributed by atoms with Gasteiger partial charge in [-0.1, -0.05) is 18.2 Å². The fourth-order valence-electron chi connectivity index (χ4n) is 0.936. The normalized spacial score (nSPS) is 9.83. The molecule has 0 aromatic heterocycles. The molecule has 0 heterocycles. The van der Waals surface area contributed by atoms with E-state index in [1.54, 1.807) is 7.11 Å². The van der Waals surface area contributed by atoms with Gasteiger partial charge >= 0.3 is 0 Å².